The topological polar surface area (TPSA) is 64.9 Å². The van der Waals surface area contributed by atoms with Crippen molar-refractivity contribution < 1.29 is 4.74 Å². The average molecular weight is 275 g/mol. The number of nitrogens with one attached hydrogen (secondary N) is 1. The van der Waals surface area contributed by atoms with Crippen LogP contribution in [0.25, 0.3) is 11.4 Å². The molecule has 0 spiro atoms. The van der Waals surface area contributed by atoms with Crippen LogP contribution in [-0.4, -0.2) is 33.9 Å². The van der Waals surface area contributed by atoms with Gasteiger partial charge in [-0.05, 0) is 13.3 Å². The van der Waals surface area contributed by atoms with E-state index in [0.29, 0.717) is 11.7 Å². The summed E-state index contributed by atoms with van der Waals surface area (Å²) in [6, 6.07) is 1.98. The first-order valence-electron chi connectivity index (χ1n) is 6.74. The van der Waals surface area contributed by atoms with Crippen molar-refractivity contribution in [2.24, 2.45) is 7.05 Å². The molecular weight excluding hydrogens is 254 g/mol. The van der Waals surface area contributed by atoms with Crippen LogP contribution in [-0.2, 0) is 13.5 Å². The van der Waals surface area contributed by atoms with Crippen molar-refractivity contribution >= 4 is 5.82 Å². The molecule has 2 heterocycles. The third-order valence-electron chi connectivity index (χ3n) is 3.13. The fourth-order valence-corrected chi connectivity index (χ4v) is 2.25. The van der Waals surface area contributed by atoms with E-state index in [1.54, 1.807) is 11.8 Å². The normalized spacial score (nSPS) is 10.7. The quantitative estimate of drug-likeness (QED) is 0.906. The van der Waals surface area contributed by atoms with Crippen molar-refractivity contribution in [3.05, 3.63) is 17.5 Å². The summed E-state index contributed by atoms with van der Waals surface area (Å²) in [5, 5.41) is 7.46. The van der Waals surface area contributed by atoms with Gasteiger partial charge in [-0.15, -0.1) is 0 Å². The van der Waals surface area contributed by atoms with Crippen LogP contribution in [0.1, 0.15) is 24.7 Å². The van der Waals surface area contributed by atoms with Crippen LogP contribution in [0.4, 0.5) is 5.82 Å². The van der Waals surface area contributed by atoms with E-state index in [-0.39, 0.29) is 0 Å². The molecule has 0 aliphatic rings. The number of methoxy groups -OCH3 is 1. The molecule has 0 saturated heterocycles. The Labute approximate surface area is 119 Å². The number of hydrogen-bond acceptors (Lipinski definition) is 5. The van der Waals surface area contributed by atoms with Gasteiger partial charge >= 0.3 is 0 Å². The standard InChI is InChI=1S/C14H21N5O/c1-6-7-10-8-11(15-3)17-13(16-10)12-9(2)18-19(4)14(12)20-5/h8H,6-7H2,1-5H3,(H,15,16,17). The number of rotatable bonds is 5. The minimum absolute atomic E-state index is 0.655. The van der Waals surface area contributed by atoms with Gasteiger partial charge in [0.05, 0.1) is 12.8 Å². The zero-order valence-corrected chi connectivity index (χ0v) is 12.7. The molecule has 0 saturated carbocycles. The lowest BCUT2D eigenvalue weighted by Crippen LogP contribution is -2.02. The highest BCUT2D eigenvalue weighted by atomic mass is 16.5. The molecule has 2 rings (SSSR count). The summed E-state index contributed by atoms with van der Waals surface area (Å²) in [6.07, 6.45) is 1.97. The molecule has 108 valence electrons. The van der Waals surface area contributed by atoms with Gasteiger partial charge in [0, 0.05) is 25.9 Å². The smallest absolute Gasteiger partial charge is 0.222 e. The van der Waals surface area contributed by atoms with Crippen molar-refractivity contribution in [3.8, 4) is 17.3 Å². The van der Waals surface area contributed by atoms with Gasteiger partial charge in [-0.2, -0.15) is 5.10 Å². The first-order valence-corrected chi connectivity index (χ1v) is 6.74. The van der Waals surface area contributed by atoms with E-state index in [2.05, 4.69) is 27.3 Å². The molecule has 2 aromatic heterocycles. The molecule has 20 heavy (non-hydrogen) atoms. The van der Waals surface area contributed by atoms with E-state index in [4.69, 9.17) is 4.74 Å². The lowest BCUT2D eigenvalue weighted by Gasteiger charge is -2.08. The lowest BCUT2D eigenvalue weighted by molar-refractivity contribution is 0.374. The molecule has 0 amide bonds. The Morgan fingerprint density at radius 1 is 1.35 bits per heavy atom. The minimum Gasteiger partial charge on any atom is -0.481 e. The number of anilines is 1. The van der Waals surface area contributed by atoms with Crippen molar-refractivity contribution in [3.63, 3.8) is 0 Å². The molecule has 0 aliphatic carbocycles. The third-order valence-corrected chi connectivity index (χ3v) is 3.13. The molecule has 0 radical (unpaired) electrons. The van der Waals surface area contributed by atoms with E-state index >= 15 is 0 Å². The van der Waals surface area contributed by atoms with Gasteiger partial charge in [0.15, 0.2) is 5.82 Å². The molecule has 6 nitrogen and oxygen atoms in total. The van der Waals surface area contributed by atoms with Crippen LogP contribution in [0, 0.1) is 6.92 Å². The number of nitrogens with zero attached hydrogens (tertiary/aromatic N) is 4. The molecule has 2 aromatic rings. The fourth-order valence-electron chi connectivity index (χ4n) is 2.25. The summed E-state index contributed by atoms with van der Waals surface area (Å²) in [6.45, 7) is 4.07. The molecule has 0 fully saturated rings. The summed E-state index contributed by atoms with van der Waals surface area (Å²) in [5.41, 5.74) is 2.73. The Bertz CT molecular complexity index is 606. The molecule has 0 aliphatic heterocycles. The zero-order valence-electron chi connectivity index (χ0n) is 12.7. The summed E-state index contributed by atoms with van der Waals surface area (Å²) in [7, 11) is 5.34. The molecule has 0 unspecified atom stereocenters. The third kappa shape index (κ3) is 2.59. The molecular formula is C14H21N5O. The van der Waals surface area contributed by atoms with Crippen molar-refractivity contribution in [2.75, 3.05) is 19.5 Å². The maximum atomic E-state index is 5.42. The molecule has 0 bridgehead atoms. The largest absolute Gasteiger partial charge is 0.481 e. The average Bonchev–Trinajstić information content (AvgIpc) is 2.72. The summed E-state index contributed by atoms with van der Waals surface area (Å²) < 4.78 is 7.13. The lowest BCUT2D eigenvalue weighted by atomic mass is 10.2. The first-order chi connectivity index (χ1) is 9.60. The second-order valence-corrected chi connectivity index (χ2v) is 4.66. The van der Waals surface area contributed by atoms with Gasteiger partial charge in [0.2, 0.25) is 5.88 Å². The Morgan fingerprint density at radius 2 is 2.10 bits per heavy atom. The maximum Gasteiger partial charge on any atom is 0.222 e. The van der Waals surface area contributed by atoms with Crippen LogP contribution in [0.3, 0.4) is 0 Å². The van der Waals surface area contributed by atoms with Gasteiger partial charge in [-0.3, -0.25) is 0 Å². The SMILES string of the molecule is CCCc1cc(NC)nc(-c2c(C)nn(C)c2OC)n1. The number of aryl methyl sites for hydroxylation is 3. The Kier molecular flexibility index (Phi) is 4.22. The van der Waals surface area contributed by atoms with E-state index in [1.807, 2.05) is 27.1 Å². The highest BCUT2D eigenvalue weighted by molar-refractivity contribution is 5.66. The van der Waals surface area contributed by atoms with Crippen LogP contribution >= 0.6 is 0 Å². The van der Waals surface area contributed by atoms with Gasteiger partial charge in [-0.1, -0.05) is 13.3 Å². The number of hydrogen-bond donors (Lipinski definition) is 1. The molecule has 6 heteroatoms. The van der Waals surface area contributed by atoms with E-state index in [0.717, 1.165) is 35.6 Å². The van der Waals surface area contributed by atoms with Gasteiger partial charge in [0.1, 0.15) is 11.4 Å². The fraction of sp³-hybridized carbons (Fsp3) is 0.500. The van der Waals surface area contributed by atoms with Gasteiger partial charge in [0.25, 0.3) is 0 Å². The van der Waals surface area contributed by atoms with Crippen LogP contribution in [0.2, 0.25) is 0 Å². The monoisotopic (exact) mass is 275 g/mol. The summed E-state index contributed by atoms with van der Waals surface area (Å²) >= 11 is 0. The van der Waals surface area contributed by atoms with Crippen molar-refractivity contribution in [1.29, 1.82) is 0 Å². The second-order valence-electron chi connectivity index (χ2n) is 4.66. The molecule has 0 atom stereocenters. The van der Waals surface area contributed by atoms with Crippen LogP contribution in [0.15, 0.2) is 6.07 Å². The van der Waals surface area contributed by atoms with E-state index in [9.17, 15) is 0 Å². The predicted octanol–water partition coefficient (Wildman–Crippen LogP) is 2.19. The highest BCUT2D eigenvalue weighted by Gasteiger charge is 2.19. The highest BCUT2D eigenvalue weighted by Crippen LogP contribution is 2.31. The van der Waals surface area contributed by atoms with Gasteiger partial charge < -0.3 is 10.1 Å². The van der Waals surface area contributed by atoms with Gasteiger partial charge in [-0.25, -0.2) is 14.6 Å². The van der Waals surface area contributed by atoms with Crippen molar-refractivity contribution in [2.45, 2.75) is 26.7 Å². The predicted molar refractivity (Wildman–Crippen MR) is 79.1 cm³/mol. The number of aromatic nitrogens is 4. The first kappa shape index (κ1) is 14.3. The second kappa shape index (κ2) is 5.90. The Morgan fingerprint density at radius 3 is 2.70 bits per heavy atom. The Balaban J connectivity index is 2.59. The van der Waals surface area contributed by atoms with Crippen LogP contribution in [0.5, 0.6) is 5.88 Å². The maximum absolute atomic E-state index is 5.42. The summed E-state index contributed by atoms with van der Waals surface area (Å²) in [5.74, 6) is 2.14. The molecule has 0 aromatic carbocycles. The molecule has 1 N–H and O–H groups in total. The van der Waals surface area contributed by atoms with E-state index in [1.165, 1.54) is 0 Å². The summed E-state index contributed by atoms with van der Waals surface area (Å²) in [4.78, 5) is 9.17. The zero-order chi connectivity index (χ0) is 14.7. The minimum atomic E-state index is 0.655. The van der Waals surface area contributed by atoms with Crippen molar-refractivity contribution in [1.82, 2.24) is 19.7 Å². The van der Waals surface area contributed by atoms with Crippen LogP contribution < -0.4 is 10.1 Å². The number of ether oxygens (including phenoxy) is 1. The Hall–Kier alpha value is -2.11. The van der Waals surface area contributed by atoms with E-state index < -0.39 is 0 Å².